The van der Waals surface area contributed by atoms with Crippen LogP contribution in [0, 0.1) is 11.8 Å². The molecule has 21 heavy (non-hydrogen) atoms. The van der Waals surface area contributed by atoms with E-state index in [1.54, 1.807) is 6.07 Å². The maximum Gasteiger partial charge on any atom is 0.335 e. The van der Waals surface area contributed by atoms with E-state index in [1.807, 2.05) is 0 Å². The van der Waals surface area contributed by atoms with Gasteiger partial charge in [-0.05, 0) is 49.4 Å². The van der Waals surface area contributed by atoms with Gasteiger partial charge in [0, 0.05) is 10.7 Å². The van der Waals surface area contributed by atoms with Crippen molar-refractivity contribution in [2.75, 3.05) is 11.9 Å². The first-order valence-corrected chi connectivity index (χ1v) is 7.50. The minimum atomic E-state index is -1.07. The molecule has 1 saturated carbocycles. The lowest BCUT2D eigenvalue weighted by molar-refractivity contribution is -0.118. The molecule has 1 aliphatic carbocycles. The Balaban J connectivity index is 1.74. The minimum absolute atomic E-state index is 0.0657. The zero-order valence-electron chi connectivity index (χ0n) is 11.4. The Hall–Kier alpha value is -1.59. The first-order valence-electron chi connectivity index (χ1n) is 7.13. The summed E-state index contributed by atoms with van der Waals surface area (Å²) < 4.78 is 0. The maximum absolute atomic E-state index is 12.4. The van der Waals surface area contributed by atoms with Gasteiger partial charge < -0.3 is 15.7 Å². The predicted octanol–water partition coefficient (Wildman–Crippen LogP) is 2.36. The summed E-state index contributed by atoms with van der Waals surface area (Å²) in [6.45, 7) is 0.888. The molecule has 3 atom stereocenters. The van der Waals surface area contributed by atoms with E-state index in [0.29, 0.717) is 22.5 Å². The number of benzene rings is 1. The Labute approximate surface area is 127 Å². The van der Waals surface area contributed by atoms with Crippen LogP contribution in [0.4, 0.5) is 5.69 Å². The largest absolute Gasteiger partial charge is 0.478 e. The number of hydrogen-bond donors (Lipinski definition) is 3. The van der Waals surface area contributed by atoms with Gasteiger partial charge in [0.05, 0.1) is 11.6 Å². The van der Waals surface area contributed by atoms with Crippen LogP contribution < -0.4 is 10.6 Å². The SMILES string of the molecule is O=C(O)c1cc(Cl)cc(NC(=O)C2NCC3CCCC32)c1. The highest BCUT2D eigenvalue weighted by molar-refractivity contribution is 6.31. The molecule has 3 N–H and O–H groups in total. The summed E-state index contributed by atoms with van der Waals surface area (Å²) in [7, 11) is 0. The molecular formula is C15H17ClN2O3. The van der Waals surface area contributed by atoms with Crippen molar-refractivity contribution in [2.24, 2.45) is 11.8 Å². The Kier molecular flexibility index (Phi) is 3.87. The zero-order valence-corrected chi connectivity index (χ0v) is 12.2. The van der Waals surface area contributed by atoms with Gasteiger partial charge in [-0.2, -0.15) is 0 Å². The molecule has 3 unspecified atom stereocenters. The fourth-order valence-electron chi connectivity index (χ4n) is 3.48. The summed E-state index contributed by atoms with van der Waals surface area (Å²) in [6.07, 6.45) is 3.44. The normalized spacial score (nSPS) is 27.4. The van der Waals surface area contributed by atoms with Crippen molar-refractivity contribution in [1.29, 1.82) is 0 Å². The number of fused-ring (bicyclic) bond motifs is 1. The van der Waals surface area contributed by atoms with Crippen molar-refractivity contribution >= 4 is 29.2 Å². The molecule has 112 valence electrons. The molecule has 5 nitrogen and oxygen atoms in total. The molecule has 3 rings (SSSR count). The summed E-state index contributed by atoms with van der Waals surface area (Å²) in [4.78, 5) is 23.4. The summed E-state index contributed by atoms with van der Waals surface area (Å²) in [5, 5.41) is 15.4. The lowest BCUT2D eigenvalue weighted by atomic mass is 9.93. The number of aromatic carboxylic acids is 1. The molecule has 1 aliphatic heterocycles. The van der Waals surface area contributed by atoms with Gasteiger partial charge >= 0.3 is 5.97 Å². The number of amides is 1. The molecule has 6 heteroatoms. The summed E-state index contributed by atoms with van der Waals surface area (Å²) in [5.41, 5.74) is 0.490. The van der Waals surface area contributed by atoms with E-state index in [9.17, 15) is 9.59 Å². The quantitative estimate of drug-likeness (QED) is 0.801. The monoisotopic (exact) mass is 308 g/mol. The van der Waals surface area contributed by atoms with Crippen molar-refractivity contribution in [1.82, 2.24) is 5.32 Å². The molecule has 1 amide bonds. The summed E-state index contributed by atoms with van der Waals surface area (Å²) in [5.74, 6) is -0.191. The van der Waals surface area contributed by atoms with Gasteiger partial charge in [-0.15, -0.1) is 0 Å². The molecular weight excluding hydrogens is 292 g/mol. The van der Waals surface area contributed by atoms with E-state index in [2.05, 4.69) is 10.6 Å². The van der Waals surface area contributed by atoms with Crippen LogP contribution in [0.5, 0.6) is 0 Å². The van der Waals surface area contributed by atoms with Gasteiger partial charge in [0.15, 0.2) is 0 Å². The van der Waals surface area contributed by atoms with E-state index in [4.69, 9.17) is 16.7 Å². The molecule has 1 saturated heterocycles. The summed E-state index contributed by atoms with van der Waals surface area (Å²) in [6, 6.07) is 4.16. The Morgan fingerprint density at radius 2 is 2.10 bits per heavy atom. The third-order valence-corrected chi connectivity index (χ3v) is 4.66. The maximum atomic E-state index is 12.4. The van der Waals surface area contributed by atoms with E-state index in [1.165, 1.54) is 25.0 Å². The van der Waals surface area contributed by atoms with E-state index in [-0.39, 0.29) is 17.5 Å². The Bertz CT molecular complexity index is 590. The molecule has 2 fully saturated rings. The third-order valence-electron chi connectivity index (χ3n) is 4.44. The highest BCUT2D eigenvalue weighted by Gasteiger charge is 2.42. The lowest BCUT2D eigenvalue weighted by Gasteiger charge is -2.18. The van der Waals surface area contributed by atoms with Gasteiger partial charge in [0.1, 0.15) is 0 Å². The molecule has 1 heterocycles. The van der Waals surface area contributed by atoms with Gasteiger partial charge in [-0.3, -0.25) is 4.79 Å². The van der Waals surface area contributed by atoms with E-state index in [0.717, 1.165) is 13.0 Å². The molecule has 0 bridgehead atoms. The number of halogens is 1. The molecule has 0 radical (unpaired) electrons. The standard InChI is InChI=1S/C15H17ClN2O3/c16-10-4-9(15(20)21)5-11(6-10)18-14(19)13-12-3-1-2-8(12)7-17-13/h4-6,8,12-13,17H,1-3,7H2,(H,18,19)(H,20,21). The molecule has 2 aliphatic rings. The second kappa shape index (κ2) is 5.66. The number of anilines is 1. The van der Waals surface area contributed by atoms with Crippen molar-refractivity contribution in [2.45, 2.75) is 25.3 Å². The minimum Gasteiger partial charge on any atom is -0.478 e. The predicted molar refractivity (Wildman–Crippen MR) is 79.7 cm³/mol. The van der Waals surface area contributed by atoms with Crippen LogP contribution in [-0.2, 0) is 4.79 Å². The Morgan fingerprint density at radius 1 is 1.29 bits per heavy atom. The van der Waals surface area contributed by atoms with Crippen molar-refractivity contribution < 1.29 is 14.7 Å². The van der Waals surface area contributed by atoms with Crippen LogP contribution in [0.3, 0.4) is 0 Å². The third kappa shape index (κ3) is 2.89. The van der Waals surface area contributed by atoms with Crippen LogP contribution in [0.15, 0.2) is 18.2 Å². The lowest BCUT2D eigenvalue weighted by Crippen LogP contribution is -2.39. The second-order valence-electron chi connectivity index (χ2n) is 5.76. The fourth-order valence-corrected chi connectivity index (χ4v) is 3.72. The average Bonchev–Trinajstić information content (AvgIpc) is 2.99. The molecule has 1 aromatic carbocycles. The summed E-state index contributed by atoms with van der Waals surface area (Å²) >= 11 is 5.90. The number of carboxylic acids is 1. The highest BCUT2D eigenvalue weighted by atomic mass is 35.5. The number of carbonyl (C=O) groups is 2. The topological polar surface area (TPSA) is 78.4 Å². The van der Waals surface area contributed by atoms with Crippen molar-refractivity contribution in [3.05, 3.63) is 28.8 Å². The molecule has 1 aromatic rings. The highest BCUT2D eigenvalue weighted by Crippen LogP contribution is 2.38. The van der Waals surface area contributed by atoms with Crippen LogP contribution in [-0.4, -0.2) is 29.6 Å². The number of nitrogens with one attached hydrogen (secondary N) is 2. The first-order chi connectivity index (χ1) is 10.0. The van der Waals surface area contributed by atoms with Crippen LogP contribution >= 0.6 is 11.6 Å². The smallest absolute Gasteiger partial charge is 0.335 e. The zero-order chi connectivity index (χ0) is 15.0. The van der Waals surface area contributed by atoms with Crippen molar-refractivity contribution in [3.63, 3.8) is 0 Å². The Morgan fingerprint density at radius 3 is 2.86 bits per heavy atom. The first kappa shape index (κ1) is 14.4. The van der Waals surface area contributed by atoms with E-state index >= 15 is 0 Å². The molecule has 0 spiro atoms. The number of hydrogen-bond acceptors (Lipinski definition) is 3. The van der Waals surface area contributed by atoms with Crippen molar-refractivity contribution in [3.8, 4) is 0 Å². The van der Waals surface area contributed by atoms with Crippen LogP contribution in [0.2, 0.25) is 5.02 Å². The van der Waals surface area contributed by atoms with Crippen LogP contribution in [0.1, 0.15) is 29.6 Å². The second-order valence-corrected chi connectivity index (χ2v) is 6.20. The van der Waals surface area contributed by atoms with Gasteiger partial charge in [0.25, 0.3) is 0 Å². The average molecular weight is 309 g/mol. The van der Waals surface area contributed by atoms with Gasteiger partial charge in [0.2, 0.25) is 5.91 Å². The van der Waals surface area contributed by atoms with Gasteiger partial charge in [-0.25, -0.2) is 4.79 Å². The number of rotatable bonds is 3. The van der Waals surface area contributed by atoms with Crippen LogP contribution in [0.25, 0.3) is 0 Å². The number of carbonyl (C=O) groups excluding carboxylic acids is 1. The van der Waals surface area contributed by atoms with Gasteiger partial charge in [-0.1, -0.05) is 18.0 Å². The van der Waals surface area contributed by atoms with E-state index < -0.39 is 5.97 Å². The number of carboxylic acid groups (broad SMARTS) is 1. The fraction of sp³-hybridized carbons (Fsp3) is 0.467. The molecule has 0 aromatic heterocycles.